The first kappa shape index (κ1) is 23.7. The third kappa shape index (κ3) is 5.64. The molecule has 32 heavy (non-hydrogen) atoms. The summed E-state index contributed by atoms with van der Waals surface area (Å²) >= 11 is 5.74. The van der Waals surface area contributed by atoms with Crippen molar-refractivity contribution in [3.05, 3.63) is 87.7 Å². The molecule has 0 radical (unpaired) electrons. The molecule has 0 heterocycles. The van der Waals surface area contributed by atoms with Crippen LogP contribution in [0.1, 0.15) is 27.0 Å². The van der Waals surface area contributed by atoms with Gasteiger partial charge >= 0.3 is 5.97 Å². The molecule has 0 aliphatic heterocycles. The van der Waals surface area contributed by atoms with E-state index >= 15 is 0 Å². The molecule has 3 rings (SSSR count). The molecule has 0 atom stereocenters. The zero-order chi connectivity index (χ0) is 23.5. The maximum absolute atomic E-state index is 13.2. The van der Waals surface area contributed by atoms with Crippen LogP contribution in [0.25, 0.3) is 0 Å². The number of ether oxygens (including phenoxy) is 1. The van der Waals surface area contributed by atoms with E-state index in [0.717, 1.165) is 5.56 Å². The molecule has 0 aliphatic rings. The lowest BCUT2D eigenvalue weighted by atomic mass is 10.0. The molecule has 0 saturated carbocycles. The van der Waals surface area contributed by atoms with Gasteiger partial charge in [0.2, 0.25) is 10.0 Å². The van der Waals surface area contributed by atoms with Crippen molar-refractivity contribution in [1.29, 1.82) is 0 Å². The van der Waals surface area contributed by atoms with Crippen LogP contribution in [-0.2, 0) is 16.4 Å². The topological polar surface area (TPSA) is 92.7 Å². The number of benzene rings is 3. The minimum atomic E-state index is -3.86. The van der Waals surface area contributed by atoms with Gasteiger partial charge in [0.25, 0.3) is 0 Å². The van der Waals surface area contributed by atoms with Crippen molar-refractivity contribution in [1.82, 2.24) is 4.72 Å². The number of carboxylic acid groups (broad SMARTS) is 1. The summed E-state index contributed by atoms with van der Waals surface area (Å²) in [5.74, 6) is -0.788. The van der Waals surface area contributed by atoms with Crippen molar-refractivity contribution in [2.24, 2.45) is 0 Å². The van der Waals surface area contributed by atoms with Crippen molar-refractivity contribution in [3.8, 4) is 11.5 Å². The van der Waals surface area contributed by atoms with Gasteiger partial charge in [-0.25, -0.2) is 22.3 Å². The van der Waals surface area contributed by atoms with Crippen LogP contribution in [0.2, 0.25) is 5.02 Å². The van der Waals surface area contributed by atoms with Gasteiger partial charge in [0, 0.05) is 12.6 Å². The Balaban J connectivity index is 1.62. The van der Waals surface area contributed by atoms with Crippen molar-refractivity contribution >= 4 is 27.6 Å². The molecular formula is C23H21ClFNO5S. The molecule has 168 valence electrons. The third-order valence-corrected chi connectivity index (χ3v) is 6.67. The van der Waals surface area contributed by atoms with E-state index in [1.54, 1.807) is 38.1 Å². The standard InChI is InChI=1S/C23H21ClFNO5S/c1-14-11-19(13-20(15(14)2)23(27)28)32(29,30)26-10-9-16-3-5-17(6-4-16)31-18-7-8-22(25)21(24)12-18/h3-8,11-13,26H,9-10H2,1-2H3,(H,27,28). The lowest BCUT2D eigenvalue weighted by Crippen LogP contribution is -2.26. The second kappa shape index (κ2) is 9.68. The summed E-state index contributed by atoms with van der Waals surface area (Å²) < 4.78 is 46.6. The number of halogens is 2. The fourth-order valence-electron chi connectivity index (χ4n) is 3.02. The van der Waals surface area contributed by atoms with E-state index in [1.165, 1.54) is 30.3 Å². The van der Waals surface area contributed by atoms with Gasteiger partial charge in [0.1, 0.15) is 17.3 Å². The number of nitrogens with one attached hydrogen (secondary N) is 1. The summed E-state index contributed by atoms with van der Waals surface area (Å²) in [7, 11) is -3.86. The highest BCUT2D eigenvalue weighted by molar-refractivity contribution is 7.89. The number of aromatic carboxylic acids is 1. The molecule has 0 bridgehead atoms. The first-order chi connectivity index (χ1) is 15.1. The van der Waals surface area contributed by atoms with Crippen LogP contribution >= 0.6 is 11.6 Å². The SMILES string of the molecule is Cc1cc(S(=O)(=O)NCCc2ccc(Oc3ccc(F)c(Cl)c3)cc2)cc(C(=O)O)c1C. The van der Waals surface area contributed by atoms with Crippen molar-refractivity contribution in [2.75, 3.05) is 6.54 Å². The Bertz CT molecular complexity index is 1260. The first-order valence-electron chi connectivity index (χ1n) is 9.63. The normalized spacial score (nSPS) is 11.4. The average Bonchev–Trinajstić information content (AvgIpc) is 2.73. The van der Waals surface area contributed by atoms with E-state index < -0.39 is 21.8 Å². The number of hydrogen-bond donors (Lipinski definition) is 2. The summed E-state index contributed by atoms with van der Waals surface area (Å²) in [6, 6.07) is 13.7. The Kier molecular flexibility index (Phi) is 7.18. The number of hydrogen-bond acceptors (Lipinski definition) is 4. The third-order valence-electron chi connectivity index (χ3n) is 4.94. The quantitative estimate of drug-likeness (QED) is 0.470. The van der Waals surface area contributed by atoms with Gasteiger partial charge in [-0.1, -0.05) is 23.7 Å². The summed E-state index contributed by atoms with van der Waals surface area (Å²) in [6.07, 6.45) is 0.415. The van der Waals surface area contributed by atoms with Gasteiger partial charge in [0.15, 0.2) is 0 Å². The molecule has 3 aromatic rings. The van der Waals surface area contributed by atoms with Crippen molar-refractivity contribution < 1.29 is 27.4 Å². The number of sulfonamides is 1. The number of aryl methyl sites for hydroxylation is 1. The van der Waals surface area contributed by atoms with Crippen LogP contribution in [0.3, 0.4) is 0 Å². The maximum Gasteiger partial charge on any atom is 0.336 e. The molecule has 0 fully saturated rings. The Hall–Kier alpha value is -2.94. The highest BCUT2D eigenvalue weighted by Gasteiger charge is 2.19. The molecule has 6 nitrogen and oxygen atoms in total. The molecular weight excluding hydrogens is 457 g/mol. The maximum atomic E-state index is 13.2. The van der Waals surface area contributed by atoms with Gasteiger partial charge < -0.3 is 9.84 Å². The van der Waals surface area contributed by atoms with Gasteiger partial charge in [-0.15, -0.1) is 0 Å². The molecule has 3 aromatic carbocycles. The average molecular weight is 478 g/mol. The lowest BCUT2D eigenvalue weighted by molar-refractivity contribution is 0.0695. The van der Waals surface area contributed by atoms with Crippen LogP contribution in [-0.4, -0.2) is 26.0 Å². The van der Waals surface area contributed by atoms with Crippen LogP contribution in [0.15, 0.2) is 59.5 Å². The fraction of sp³-hybridized carbons (Fsp3) is 0.174. The minimum absolute atomic E-state index is 0.0364. The van der Waals surface area contributed by atoms with Gasteiger partial charge in [-0.2, -0.15) is 0 Å². The van der Waals surface area contributed by atoms with Gasteiger partial charge in [-0.3, -0.25) is 0 Å². The number of carbonyl (C=O) groups is 1. The largest absolute Gasteiger partial charge is 0.478 e. The van der Waals surface area contributed by atoms with E-state index in [4.69, 9.17) is 16.3 Å². The molecule has 0 unspecified atom stereocenters. The lowest BCUT2D eigenvalue weighted by Gasteiger charge is -2.11. The van der Waals surface area contributed by atoms with E-state index in [-0.39, 0.29) is 22.0 Å². The second-order valence-electron chi connectivity index (χ2n) is 7.19. The van der Waals surface area contributed by atoms with Crippen molar-refractivity contribution in [2.45, 2.75) is 25.2 Å². The molecule has 2 N–H and O–H groups in total. The number of carboxylic acids is 1. The number of rotatable bonds is 8. The Morgan fingerprint density at radius 3 is 2.34 bits per heavy atom. The zero-order valence-corrected chi connectivity index (χ0v) is 18.9. The van der Waals surface area contributed by atoms with Crippen LogP contribution in [0.5, 0.6) is 11.5 Å². The summed E-state index contributed by atoms with van der Waals surface area (Å²) in [6.45, 7) is 3.44. The minimum Gasteiger partial charge on any atom is -0.478 e. The molecule has 0 amide bonds. The first-order valence-corrected chi connectivity index (χ1v) is 11.5. The van der Waals surface area contributed by atoms with Crippen LogP contribution < -0.4 is 9.46 Å². The molecule has 0 aromatic heterocycles. The fourth-order valence-corrected chi connectivity index (χ4v) is 4.33. The van der Waals surface area contributed by atoms with E-state index in [1.807, 2.05) is 0 Å². The summed E-state index contributed by atoms with van der Waals surface area (Å²) in [5.41, 5.74) is 1.94. The summed E-state index contributed by atoms with van der Waals surface area (Å²) in [5, 5.41) is 9.26. The Morgan fingerprint density at radius 1 is 1.06 bits per heavy atom. The van der Waals surface area contributed by atoms with Crippen LogP contribution in [0, 0.1) is 19.7 Å². The molecule has 0 spiro atoms. The highest BCUT2D eigenvalue weighted by atomic mass is 35.5. The highest BCUT2D eigenvalue weighted by Crippen LogP contribution is 2.26. The smallest absolute Gasteiger partial charge is 0.336 e. The molecule has 0 saturated heterocycles. The second-order valence-corrected chi connectivity index (χ2v) is 9.36. The predicted molar refractivity (Wildman–Crippen MR) is 120 cm³/mol. The van der Waals surface area contributed by atoms with Crippen LogP contribution in [0.4, 0.5) is 4.39 Å². The Morgan fingerprint density at radius 2 is 1.72 bits per heavy atom. The van der Waals surface area contributed by atoms with Gasteiger partial charge in [0.05, 0.1) is 15.5 Å². The predicted octanol–water partition coefficient (Wildman–Crippen LogP) is 5.11. The molecule has 0 aliphatic carbocycles. The molecule has 9 heteroatoms. The van der Waals surface area contributed by atoms with E-state index in [2.05, 4.69) is 4.72 Å². The zero-order valence-electron chi connectivity index (χ0n) is 17.4. The van der Waals surface area contributed by atoms with Gasteiger partial charge in [-0.05, 0) is 73.4 Å². The van der Waals surface area contributed by atoms with E-state index in [9.17, 15) is 22.7 Å². The monoisotopic (exact) mass is 477 g/mol. The van der Waals surface area contributed by atoms with Crippen molar-refractivity contribution in [3.63, 3.8) is 0 Å². The van der Waals surface area contributed by atoms with E-state index in [0.29, 0.717) is 29.0 Å². The Labute approximate surface area is 190 Å². The summed E-state index contributed by atoms with van der Waals surface area (Å²) in [4.78, 5) is 11.3.